The number of aromatic amines is 1. The van der Waals surface area contributed by atoms with Crippen LogP contribution in [-0.4, -0.2) is 48.3 Å². The van der Waals surface area contributed by atoms with Crippen LogP contribution in [0, 0.1) is 0 Å². The van der Waals surface area contributed by atoms with E-state index < -0.39 is 0 Å². The molecule has 1 N–H and O–H groups in total. The molecule has 8 nitrogen and oxygen atoms in total. The number of amides is 1. The quantitative estimate of drug-likeness (QED) is 0.595. The summed E-state index contributed by atoms with van der Waals surface area (Å²) >= 11 is 0. The Bertz CT molecular complexity index is 1010. The second kappa shape index (κ2) is 6.75. The SMILES string of the molecule is CN(Cc1cccc(-c2nn[nH]n2)c1)C(=O)Cn1cc2ccccc2n1. The number of rotatable bonds is 5. The van der Waals surface area contributed by atoms with Crippen molar-refractivity contribution in [3.63, 3.8) is 0 Å². The highest BCUT2D eigenvalue weighted by Gasteiger charge is 2.12. The molecule has 2 aromatic carbocycles. The fourth-order valence-corrected chi connectivity index (χ4v) is 2.81. The number of hydrogen-bond donors (Lipinski definition) is 1. The summed E-state index contributed by atoms with van der Waals surface area (Å²) in [4.78, 5) is 14.2. The van der Waals surface area contributed by atoms with E-state index in [0.29, 0.717) is 12.4 Å². The number of fused-ring (bicyclic) bond motifs is 1. The van der Waals surface area contributed by atoms with E-state index >= 15 is 0 Å². The van der Waals surface area contributed by atoms with Gasteiger partial charge in [0.05, 0.1) is 5.52 Å². The molecule has 0 aliphatic rings. The smallest absolute Gasteiger partial charge is 0.244 e. The van der Waals surface area contributed by atoms with E-state index in [1.54, 1.807) is 16.6 Å². The maximum Gasteiger partial charge on any atom is 0.244 e. The van der Waals surface area contributed by atoms with Crippen molar-refractivity contribution in [1.29, 1.82) is 0 Å². The summed E-state index contributed by atoms with van der Waals surface area (Å²) < 4.78 is 1.68. The van der Waals surface area contributed by atoms with Gasteiger partial charge >= 0.3 is 0 Å². The zero-order valence-corrected chi connectivity index (χ0v) is 14.2. The van der Waals surface area contributed by atoms with Crippen LogP contribution < -0.4 is 0 Å². The Morgan fingerprint density at radius 2 is 2.08 bits per heavy atom. The summed E-state index contributed by atoms with van der Waals surface area (Å²) in [5, 5.41) is 19.4. The monoisotopic (exact) mass is 347 g/mol. The molecule has 1 amide bonds. The van der Waals surface area contributed by atoms with Crippen LogP contribution >= 0.6 is 0 Å². The zero-order valence-electron chi connectivity index (χ0n) is 14.2. The van der Waals surface area contributed by atoms with Gasteiger partial charge in [-0.2, -0.15) is 10.3 Å². The van der Waals surface area contributed by atoms with Crippen LogP contribution in [-0.2, 0) is 17.9 Å². The first kappa shape index (κ1) is 15.9. The van der Waals surface area contributed by atoms with Gasteiger partial charge in [-0.25, -0.2) is 0 Å². The standard InChI is InChI=1S/C18H17N7O/c1-24(10-13-5-4-7-14(9-13)18-19-22-23-20-18)17(26)12-25-11-15-6-2-3-8-16(15)21-25/h2-9,11H,10,12H2,1H3,(H,19,20,22,23). The number of nitrogens with one attached hydrogen (secondary N) is 1. The van der Waals surface area contributed by atoms with Gasteiger partial charge in [-0.1, -0.05) is 36.4 Å². The summed E-state index contributed by atoms with van der Waals surface area (Å²) in [6.45, 7) is 0.695. The molecule has 0 saturated heterocycles. The van der Waals surface area contributed by atoms with Gasteiger partial charge in [0.25, 0.3) is 0 Å². The highest BCUT2D eigenvalue weighted by atomic mass is 16.2. The van der Waals surface area contributed by atoms with E-state index in [4.69, 9.17) is 0 Å². The summed E-state index contributed by atoms with van der Waals surface area (Å²) in [7, 11) is 1.78. The number of carbonyl (C=O) groups excluding carboxylic acids is 1. The Labute approximate surface area is 149 Å². The van der Waals surface area contributed by atoms with Crippen LogP contribution in [0.5, 0.6) is 0 Å². The maximum absolute atomic E-state index is 12.5. The van der Waals surface area contributed by atoms with E-state index in [-0.39, 0.29) is 12.5 Å². The van der Waals surface area contributed by atoms with Gasteiger partial charge in [-0.3, -0.25) is 9.48 Å². The average molecular weight is 347 g/mol. The third kappa shape index (κ3) is 3.30. The molecule has 2 heterocycles. The van der Waals surface area contributed by atoms with Crippen LogP contribution in [0.2, 0.25) is 0 Å². The van der Waals surface area contributed by atoms with Crippen molar-refractivity contribution in [2.75, 3.05) is 7.05 Å². The maximum atomic E-state index is 12.5. The van der Waals surface area contributed by atoms with Crippen molar-refractivity contribution in [3.05, 3.63) is 60.3 Å². The molecule has 0 bridgehead atoms. The first-order chi connectivity index (χ1) is 12.7. The molecule has 2 aromatic heterocycles. The summed E-state index contributed by atoms with van der Waals surface area (Å²) in [6.07, 6.45) is 1.89. The van der Waals surface area contributed by atoms with E-state index in [1.165, 1.54) is 0 Å². The molecule has 0 saturated carbocycles. The molecule has 0 spiro atoms. The molecule has 0 unspecified atom stereocenters. The predicted octanol–water partition coefficient (Wildman–Crippen LogP) is 1.87. The first-order valence-corrected chi connectivity index (χ1v) is 8.18. The normalized spacial score (nSPS) is 11.0. The van der Waals surface area contributed by atoms with Crippen LogP contribution in [0.15, 0.2) is 54.7 Å². The number of tetrazole rings is 1. The number of likely N-dealkylation sites (N-methyl/N-ethyl adjacent to an activating group) is 1. The fourth-order valence-electron chi connectivity index (χ4n) is 2.81. The Morgan fingerprint density at radius 3 is 2.88 bits per heavy atom. The lowest BCUT2D eigenvalue weighted by atomic mass is 10.1. The van der Waals surface area contributed by atoms with Gasteiger partial charge in [0.15, 0.2) is 0 Å². The Balaban J connectivity index is 1.45. The molecular formula is C18H17N7O. The van der Waals surface area contributed by atoms with Crippen molar-refractivity contribution in [2.45, 2.75) is 13.1 Å². The minimum atomic E-state index is -0.0113. The molecule has 8 heteroatoms. The second-order valence-corrected chi connectivity index (χ2v) is 6.07. The molecule has 0 radical (unpaired) electrons. The summed E-state index contributed by atoms with van der Waals surface area (Å²) in [5.74, 6) is 0.520. The molecular weight excluding hydrogens is 330 g/mol. The van der Waals surface area contributed by atoms with Gasteiger partial charge in [-0.05, 0) is 22.9 Å². The highest BCUT2D eigenvalue weighted by Crippen LogP contribution is 2.16. The van der Waals surface area contributed by atoms with E-state index in [0.717, 1.165) is 22.0 Å². The van der Waals surface area contributed by atoms with Gasteiger partial charge in [-0.15, -0.1) is 10.2 Å². The number of carbonyl (C=O) groups is 1. The van der Waals surface area contributed by atoms with Gasteiger partial charge < -0.3 is 4.90 Å². The van der Waals surface area contributed by atoms with E-state index in [2.05, 4.69) is 25.7 Å². The molecule has 26 heavy (non-hydrogen) atoms. The fraction of sp³-hybridized carbons (Fsp3) is 0.167. The molecule has 0 aliphatic heterocycles. The highest BCUT2D eigenvalue weighted by molar-refractivity contribution is 5.79. The van der Waals surface area contributed by atoms with E-state index in [9.17, 15) is 4.79 Å². The molecule has 0 aliphatic carbocycles. The largest absolute Gasteiger partial charge is 0.340 e. The van der Waals surface area contributed by atoms with Crippen molar-refractivity contribution in [3.8, 4) is 11.4 Å². The molecule has 4 aromatic rings. The summed E-state index contributed by atoms with van der Waals surface area (Å²) in [5.41, 5.74) is 2.74. The topological polar surface area (TPSA) is 92.6 Å². The molecule has 130 valence electrons. The third-order valence-electron chi connectivity index (χ3n) is 4.13. The number of aromatic nitrogens is 6. The predicted molar refractivity (Wildman–Crippen MR) is 95.8 cm³/mol. The number of hydrogen-bond acceptors (Lipinski definition) is 5. The van der Waals surface area contributed by atoms with Crippen molar-refractivity contribution < 1.29 is 4.79 Å². The van der Waals surface area contributed by atoms with Crippen LogP contribution in [0.4, 0.5) is 0 Å². The van der Waals surface area contributed by atoms with Crippen LogP contribution in [0.1, 0.15) is 5.56 Å². The minimum absolute atomic E-state index is 0.0113. The minimum Gasteiger partial charge on any atom is -0.340 e. The first-order valence-electron chi connectivity index (χ1n) is 8.18. The van der Waals surface area contributed by atoms with Crippen LogP contribution in [0.25, 0.3) is 22.3 Å². The zero-order chi connectivity index (χ0) is 17.9. The average Bonchev–Trinajstić information content (AvgIpc) is 3.31. The van der Waals surface area contributed by atoms with Gasteiger partial charge in [0, 0.05) is 30.7 Å². The van der Waals surface area contributed by atoms with Crippen LogP contribution in [0.3, 0.4) is 0 Å². The lowest BCUT2D eigenvalue weighted by Crippen LogP contribution is -2.29. The lowest BCUT2D eigenvalue weighted by molar-refractivity contribution is -0.131. The van der Waals surface area contributed by atoms with Crippen molar-refractivity contribution >= 4 is 16.8 Å². The van der Waals surface area contributed by atoms with E-state index in [1.807, 2.05) is 54.7 Å². The number of nitrogens with zero attached hydrogens (tertiary/aromatic N) is 6. The second-order valence-electron chi connectivity index (χ2n) is 6.07. The number of H-pyrrole nitrogens is 1. The van der Waals surface area contributed by atoms with Gasteiger partial charge in [0.1, 0.15) is 6.54 Å². The van der Waals surface area contributed by atoms with Crippen molar-refractivity contribution in [1.82, 2.24) is 35.3 Å². The summed E-state index contributed by atoms with van der Waals surface area (Å²) in [6, 6.07) is 15.6. The third-order valence-corrected chi connectivity index (χ3v) is 4.13. The lowest BCUT2D eigenvalue weighted by Gasteiger charge is -2.17. The molecule has 0 atom stereocenters. The molecule has 0 fully saturated rings. The Hall–Kier alpha value is -3.55. The Morgan fingerprint density at radius 1 is 1.19 bits per heavy atom. The molecule has 4 rings (SSSR count). The van der Waals surface area contributed by atoms with Gasteiger partial charge in [0.2, 0.25) is 11.7 Å². The van der Waals surface area contributed by atoms with Crippen molar-refractivity contribution in [2.24, 2.45) is 0 Å². The Kier molecular flexibility index (Phi) is 4.14. The number of benzene rings is 2.